The minimum absolute atomic E-state index is 0.0278. The number of hydrogen-bond acceptors (Lipinski definition) is 3. The van der Waals surface area contributed by atoms with Crippen LogP contribution in [0, 0.1) is 0 Å². The molecule has 22 heavy (non-hydrogen) atoms. The van der Waals surface area contributed by atoms with Gasteiger partial charge in [-0.1, -0.05) is 36.4 Å². The molecular formula is C18H23N3O. The van der Waals surface area contributed by atoms with Crippen LogP contribution in [0.15, 0.2) is 42.5 Å². The fourth-order valence-electron chi connectivity index (χ4n) is 2.92. The maximum absolute atomic E-state index is 12.2. The van der Waals surface area contributed by atoms with Crippen LogP contribution in [0.3, 0.4) is 0 Å². The monoisotopic (exact) mass is 297 g/mol. The summed E-state index contributed by atoms with van der Waals surface area (Å²) < 4.78 is 0. The highest BCUT2D eigenvalue weighted by atomic mass is 16.2. The highest BCUT2D eigenvalue weighted by molar-refractivity contribution is 5.83. The van der Waals surface area contributed by atoms with Gasteiger partial charge in [-0.2, -0.15) is 0 Å². The van der Waals surface area contributed by atoms with E-state index in [1.54, 1.807) is 0 Å². The van der Waals surface area contributed by atoms with Crippen LogP contribution in [0.25, 0.3) is 10.8 Å². The van der Waals surface area contributed by atoms with Crippen LogP contribution in [-0.2, 0) is 4.79 Å². The molecule has 2 aromatic rings. The van der Waals surface area contributed by atoms with Crippen molar-refractivity contribution in [1.82, 2.24) is 15.5 Å². The number of carbonyl (C=O) groups is 1. The van der Waals surface area contributed by atoms with Gasteiger partial charge in [0.1, 0.15) is 0 Å². The smallest absolute Gasteiger partial charge is 0.234 e. The van der Waals surface area contributed by atoms with Crippen LogP contribution in [0.5, 0.6) is 0 Å². The molecule has 1 fully saturated rings. The van der Waals surface area contributed by atoms with E-state index in [-0.39, 0.29) is 11.9 Å². The predicted molar refractivity (Wildman–Crippen MR) is 89.8 cm³/mol. The van der Waals surface area contributed by atoms with Crippen LogP contribution in [0.2, 0.25) is 0 Å². The standard InChI is InChI=1S/C18H23N3O/c1-14(20-18(22)13-21-10-8-19-9-11-21)16-7-6-15-4-2-3-5-17(15)12-16/h2-7,12,14,19H,8-11,13H2,1H3,(H,20,22). The fourth-order valence-corrected chi connectivity index (χ4v) is 2.92. The number of carbonyl (C=O) groups excluding carboxylic acids is 1. The van der Waals surface area contributed by atoms with Crippen molar-refractivity contribution >= 4 is 16.7 Å². The second-order valence-electron chi connectivity index (χ2n) is 5.92. The number of amides is 1. The van der Waals surface area contributed by atoms with Crippen molar-refractivity contribution in [2.45, 2.75) is 13.0 Å². The Balaban J connectivity index is 1.62. The fraction of sp³-hybridized carbons (Fsp3) is 0.389. The number of nitrogens with zero attached hydrogens (tertiary/aromatic N) is 1. The molecule has 0 saturated carbocycles. The number of nitrogens with one attached hydrogen (secondary N) is 2. The van der Waals surface area contributed by atoms with E-state index in [2.05, 4.69) is 45.9 Å². The Labute approximate surface area is 131 Å². The molecule has 116 valence electrons. The molecule has 3 rings (SSSR count). The third-order valence-corrected chi connectivity index (χ3v) is 4.23. The molecule has 1 aliphatic rings. The first-order valence-corrected chi connectivity index (χ1v) is 7.93. The first-order valence-electron chi connectivity index (χ1n) is 7.93. The lowest BCUT2D eigenvalue weighted by atomic mass is 10.0. The largest absolute Gasteiger partial charge is 0.348 e. The molecule has 4 nitrogen and oxygen atoms in total. The second-order valence-corrected chi connectivity index (χ2v) is 5.92. The summed E-state index contributed by atoms with van der Waals surface area (Å²) in [5, 5.41) is 8.84. The van der Waals surface area contributed by atoms with Crippen molar-refractivity contribution in [2.75, 3.05) is 32.7 Å². The van der Waals surface area contributed by atoms with Crippen molar-refractivity contribution in [3.8, 4) is 0 Å². The lowest BCUT2D eigenvalue weighted by molar-refractivity contribution is -0.123. The van der Waals surface area contributed by atoms with Gasteiger partial charge in [-0.25, -0.2) is 0 Å². The molecule has 0 bridgehead atoms. The number of fused-ring (bicyclic) bond motifs is 1. The van der Waals surface area contributed by atoms with Crippen molar-refractivity contribution in [1.29, 1.82) is 0 Å². The van der Waals surface area contributed by atoms with E-state index in [9.17, 15) is 4.79 Å². The van der Waals surface area contributed by atoms with E-state index in [1.807, 2.05) is 19.1 Å². The molecule has 1 atom stereocenters. The van der Waals surface area contributed by atoms with Gasteiger partial charge in [-0.05, 0) is 29.3 Å². The molecule has 4 heteroatoms. The number of rotatable bonds is 4. The van der Waals surface area contributed by atoms with Crippen molar-refractivity contribution in [3.63, 3.8) is 0 Å². The maximum atomic E-state index is 12.2. The van der Waals surface area contributed by atoms with Crippen LogP contribution in [0.4, 0.5) is 0 Å². The molecule has 1 heterocycles. The summed E-state index contributed by atoms with van der Waals surface area (Å²) >= 11 is 0. The van der Waals surface area contributed by atoms with Gasteiger partial charge in [-0.3, -0.25) is 9.69 Å². The van der Waals surface area contributed by atoms with E-state index in [1.165, 1.54) is 10.8 Å². The third kappa shape index (κ3) is 3.64. The van der Waals surface area contributed by atoms with Gasteiger partial charge in [0.05, 0.1) is 12.6 Å². The molecule has 0 spiro atoms. The Morgan fingerprint density at radius 1 is 1.18 bits per heavy atom. The molecule has 1 aliphatic heterocycles. The molecule has 1 amide bonds. The number of piperazine rings is 1. The lowest BCUT2D eigenvalue weighted by Gasteiger charge is -2.27. The van der Waals surface area contributed by atoms with Gasteiger partial charge < -0.3 is 10.6 Å². The van der Waals surface area contributed by atoms with E-state index in [4.69, 9.17) is 0 Å². The van der Waals surface area contributed by atoms with Crippen LogP contribution in [-0.4, -0.2) is 43.5 Å². The van der Waals surface area contributed by atoms with Crippen molar-refractivity contribution in [2.24, 2.45) is 0 Å². The molecule has 1 unspecified atom stereocenters. The van der Waals surface area contributed by atoms with Crippen LogP contribution >= 0.6 is 0 Å². The Morgan fingerprint density at radius 3 is 2.68 bits per heavy atom. The molecule has 0 aliphatic carbocycles. The molecule has 1 saturated heterocycles. The van der Waals surface area contributed by atoms with Gasteiger partial charge in [-0.15, -0.1) is 0 Å². The minimum Gasteiger partial charge on any atom is -0.348 e. The number of benzene rings is 2. The number of hydrogen-bond donors (Lipinski definition) is 2. The Morgan fingerprint density at radius 2 is 1.91 bits per heavy atom. The van der Waals surface area contributed by atoms with Crippen molar-refractivity contribution in [3.05, 3.63) is 48.0 Å². The van der Waals surface area contributed by atoms with Gasteiger partial charge in [0.15, 0.2) is 0 Å². The van der Waals surface area contributed by atoms with Gasteiger partial charge in [0.2, 0.25) is 5.91 Å². The van der Waals surface area contributed by atoms with Crippen LogP contribution < -0.4 is 10.6 Å². The van der Waals surface area contributed by atoms with Gasteiger partial charge >= 0.3 is 0 Å². The zero-order chi connectivity index (χ0) is 15.4. The summed E-state index contributed by atoms with van der Waals surface area (Å²) in [6.45, 7) is 6.34. The Kier molecular flexibility index (Phi) is 4.71. The summed E-state index contributed by atoms with van der Waals surface area (Å²) in [6.07, 6.45) is 0. The molecule has 0 aromatic heterocycles. The average molecular weight is 297 g/mol. The zero-order valence-corrected chi connectivity index (χ0v) is 13.0. The normalized spacial score (nSPS) is 17.3. The van der Waals surface area contributed by atoms with Gasteiger partial charge in [0.25, 0.3) is 0 Å². The summed E-state index contributed by atoms with van der Waals surface area (Å²) in [7, 11) is 0. The average Bonchev–Trinajstić information content (AvgIpc) is 2.55. The molecule has 2 aromatic carbocycles. The lowest BCUT2D eigenvalue weighted by Crippen LogP contribution is -2.47. The van der Waals surface area contributed by atoms with E-state index in [0.29, 0.717) is 6.54 Å². The molecule has 0 radical (unpaired) electrons. The summed E-state index contributed by atoms with van der Waals surface area (Å²) in [4.78, 5) is 14.4. The molecule has 2 N–H and O–H groups in total. The highest BCUT2D eigenvalue weighted by Crippen LogP contribution is 2.20. The third-order valence-electron chi connectivity index (χ3n) is 4.23. The van der Waals surface area contributed by atoms with Crippen LogP contribution in [0.1, 0.15) is 18.5 Å². The van der Waals surface area contributed by atoms with Crippen molar-refractivity contribution < 1.29 is 4.79 Å². The maximum Gasteiger partial charge on any atom is 0.234 e. The zero-order valence-electron chi connectivity index (χ0n) is 13.0. The van der Waals surface area contributed by atoms with E-state index >= 15 is 0 Å². The Hall–Kier alpha value is -1.91. The predicted octanol–water partition coefficient (Wildman–Crippen LogP) is 1.92. The summed E-state index contributed by atoms with van der Waals surface area (Å²) in [5.74, 6) is 0.0996. The summed E-state index contributed by atoms with van der Waals surface area (Å²) in [6, 6.07) is 14.7. The minimum atomic E-state index is 0.0278. The van der Waals surface area contributed by atoms with E-state index in [0.717, 1.165) is 31.7 Å². The second kappa shape index (κ2) is 6.90. The Bertz CT molecular complexity index is 650. The first kappa shape index (κ1) is 15.0. The highest BCUT2D eigenvalue weighted by Gasteiger charge is 2.15. The summed E-state index contributed by atoms with van der Waals surface area (Å²) in [5.41, 5.74) is 1.15. The quantitative estimate of drug-likeness (QED) is 0.906. The SMILES string of the molecule is CC(NC(=O)CN1CCNCC1)c1ccc2ccccc2c1. The van der Waals surface area contributed by atoms with E-state index < -0.39 is 0 Å². The topological polar surface area (TPSA) is 44.4 Å². The first-order chi connectivity index (χ1) is 10.7. The molecular weight excluding hydrogens is 274 g/mol. The van der Waals surface area contributed by atoms with Gasteiger partial charge in [0, 0.05) is 26.2 Å².